The van der Waals surface area contributed by atoms with Crippen LogP contribution in [-0.2, 0) is 0 Å². The minimum atomic E-state index is 0.315. The third-order valence-corrected chi connectivity index (χ3v) is 2.67. The van der Waals surface area contributed by atoms with Crippen LogP contribution in [0.15, 0.2) is 0 Å². The molecule has 0 aliphatic carbocycles. The van der Waals surface area contributed by atoms with E-state index in [1.165, 1.54) is 26.1 Å². The van der Waals surface area contributed by atoms with Crippen molar-refractivity contribution in [1.82, 2.24) is 10.2 Å². The molecule has 13 heavy (non-hydrogen) atoms. The third-order valence-electron chi connectivity index (χ3n) is 2.67. The molecule has 0 aromatic carbocycles. The Kier molecular flexibility index (Phi) is 3.74. The fraction of sp³-hybridized carbons (Fsp3) is 1.00. The lowest BCUT2D eigenvalue weighted by atomic mass is 10.0. The molecule has 2 nitrogen and oxygen atoms in total. The summed E-state index contributed by atoms with van der Waals surface area (Å²) in [6, 6.07) is 0. The van der Waals surface area contributed by atoms with Gasteiger partial charge >= 0.3 is 0 Å². The molecule has 0 bridgehead atoms. The first kappa shape index (κ1) is 11.0. The van der Waals surface area contributed by atoms with Gasteiger partial charge in [0.25, 0.3) is 0 Å². The molecule has 0 spiro atoms. The molecule has 0 radical (unpaired) electrons. The molecule has 78 valence electrons. The topological polar surface area (TPSA) is 15.3 Å². The molecule has 1 aliphatic heterocycles. The van der Waals surface area contributed by atoms with Gasteiger partial charge in [0.2, 0.25) is 0 Å². The van der Waals surface area contributed by atoms with Gasteiger partial charge in [-0.05, 0) is 32.7 Å². The van der Waals surface area contributed by atoms with Gasteiger partial charge in [0.1, 0.15) is 0 Å². The number of piperazine rings is 1. The van der Waals surface area contributed by atoms with Gasteiger partial charge in [-0.25, -0.2) is 0 Å². The van der Waals surface area contributed by atoms with Gasteiger partial charge in [0.15, 0.2) is 0 Å². The number of hydrogen-bond donors (Lipinski definition) is 1. The Labute approximate surface area is 82.7 Å². The lowest BCUT2D eigenvalue weighted by Crippen LogP contribution is -2.57. The maximum Gasteiger partial charge on any atom is 0.0252 e. The average molecular weight is 184 g/mol. The highest BCUT2D eigenvalue weighted by Crippen LogP contribution is 2.11. The predicted molar refractivity (Wildman–Crippen MR) is 58.0 cm³/mol. The quantitative estimate of drug-likeness (QED) is 0.718. The summed E-state index contributed by atoms with van der Waals surface area (Å²) in [5.74, 6) is 0.831. The summed E-state index contributed by atoms with van der Waals surface area (Å²) in [4.78, 5) is 2.58. The van der Waals surface area contributed by atoms with E-state index in [0.29, 0.717) is 5.54 Å². The largest absolute Gasteiger partial charge is 0.309 e. The SMILES string of the molecule is CC(C)CCN1CCNC(C)(C)C1. The minimum absolute atomic E-state index is 0.315. The van der Waals surface area contributed by atoms with Gasteiger partial charge < -0.3 is 10.2 Å². The van der Waals surface area contributed by atoms with Crippen molar-refractivity contribution in [3.05, 3.63) is 0 Å². The zero-order chi connectivity index (χ0) is 9.90. The highest BCUT2D eigenvalue weighted by atomic mass is 15.2. The van der Waals surface area contributed by atoms with Crippen LogP contribution in [0, 0.1) is 5.92 Å². The highest BCUT2D eigenvalue weighted by Gasteiger charge is 2.24. The van der Waals surface area contributed by atoms with Crippen LogP contribution >= 0.6 is 0 Å². The van der Waals surface area contributed by atoms with Gasteiger partial charge in [0.05, 0.1) is 0 Å². The smallest absolute Gasteiger partial charge is 0.0252 e. The van der Waals surface area contributed by atoms with Crippen LogP contribution in [0.5, 0.6) is 0 Å². The van der Waals surface area contributed by atoms with Crippen LogP contribution in [-0.4, -0.2) is 36.6 Å². The molecule has 1 saturated heterocycles. The summed E-state index contributed by atoms with van der Waals surface area (Å²) in [6.07, 6.45) is 1.33. The first-order valence-electron chi connectivity index (χ1n) is 5.47. The maximum absolute atomic E-state index is 3.53. The first-order valence-corrected chi connectivity index (χ1v) is 5.47. The zero-order valence-corrected chi connectivity index (χ0v) is 9.56. The number of nitrogens with one attached hydrogen (secondary N) is 1. The van der Waals surface area contributed by atoms with Crippen LogP contribution in [0.4, 0.5) is 0 Å². The van der Waals surface area contributed by atoms with Crippen molar-refractivity contribution in [1.29, 1.82) is 0 Å². The van der Waals surface area contributed by atoms with E-state index in [1.54, 1.807) is 0 Å². The summed E-state index contributed by atoms with van der Waals surface area (Å²) in [6.45, 7) is 14.0. The van der Waals surface area contributed by atoms with Crippen molar-refractivity contribution in [2.24, 2.45) is 5.92 Å². The van der Waals surface area contributed by atoms with Gasteiger partial charge in [0, 0.05) is 25.2 Å². The first-order chi connectivity index (χ1) is 5.99. The number of rotatable bonds is 3. The van der Waals surface area contributed by atoms with E-state index in [1.807, 2.05) is 0 Å². The van der Waals surface area contributed by atoms with Crippen LogP contribution < -0.4 is 5.32 Å². The summed E-state index contributed by atoms with van der Waals surface area (Å²) < 4.78 is 0. The fourth-order valence-corrected chi connectivity index (χ4v) is 1.88. The molecule has 0 atom stereocenters. The lowest BCUT2D eigenvalue weighted by Gasteiger charge is -2.39. The van der Waals surface area contributed by atoms with Crippen molar-refractivity contribution < 1.29 is 0 Å². The van der Waals surface area contributed by atoms with Crippen molar-refractivity contribution in [2.45, 2.75) is 39.7 Å². The van der Waals surface area contributed by atoms with Gasteiger partial charge in [-0.1, -0.05) is 13.8 Å². The Morgan fingerprint density at radius 2 is 2.08 bits per heavy atom. The molecule has 1 N–H and O–H groups in total. The van der Waals surface area contributed by atoms with E-state index in [0.717, 1.165) is 12.5 Å². The molecule has 0 aromatic heterocycles. The highest BCUT2D eigenvalue weighted by molar-refractivity contribution is 4.86. The van der Waals surface area contributed by atoms with Crippen molar-refractivity contribution >= 4 is 0 Å². The third kappa shape index (κ3) is 4.10. The number of hydrogen-bond acceptors (Lipinski definition) is 2. The molecule has 1 aliphatic rings. The zero-order valence-electron chi connectivity index (χ0n) is 9.56. The predicted octanol–water partition coefficient (Wildman–Crippen LogP) is 1.72. The molecular formula is C11H24N2. The molecule has 0 saturated carbocycles. The summed E-state index contributed by atoms with van der Waals surface area (Å²) in [7, 11) is 0. The molecule has 2 heteroatoms. The molecule has 1 rings (SSSR count). The molecule has 1 fully saturated rings. The maximum atomic E-state index is 3.53. The summed E-state index contributed by atoms with van der Waals surface area (Å²) in [5, 5.41) is 3.53. The van der Waals surface area contributed by atoms with Gasteiger partial charge in [-0.15, -0.1) is 0 Å². The second kappa shape index (κ2) is 4.43. The molecule has 0 aromatic rings. The van der Waals surface area contributed by atoms with Crippen LogP contribution in [0.1, 0.15) is 34.1 Å². The minimum Gasteiger partial charge on any atom is -0.309 e. The second-order valence-corrected chi connectivity index (χ2v) is 5.27. The van der Waals surface area contributed by atoms with E-state index in [-0.39, 0.29) is 0 Å². The normalized spacial score (nSPS) is 23.8. The second-order valence-electron chi connectivity index (χ2n) is 5.27. The molecular weight excluding hydrogens is 160 g/mol. The van der Waals surface area contributed by atoms with Gasteiger partial charge in [-0.2, -0.15) is 0 Å². The monoisotopic (exact) mass is 184 g/mol. The van der Waals surface area contributed by atoms with Crippen molar-refractivity contribution in [3.63, 3.8) is 0 Å². The summed E-state index contributed by atoms with van der Waals surface area (Å²) >= 11 is 0. The Morgan fingerprint density at radius 1 is 1.38 bits per heavy atom. The van der Waals surface area contributed by atoms with E-state index in [9.17, 15) is 0 Å². The van der Waals surface area contributed by atoms with E-state index in [4.69, 9.17) is 0 Å². The van der Waals surface area contributed by atoms with Gasteiger partial charge in [-0.3, -0.25) is 0 Å². The Morgan fingerprint density at radius 3 is 2.62 bits per heavy atom. The average Bonchev–Trinajstić information content (AvgIpc) is 1.99. The van der Waals surface area contributed by atoms with Crippen molar-refractivity contribution in [3.8, 4) is 0 Å². The van der Waals surface area contributed by atoms with E-state index < -0.39 is 0 Å². The van der Waals surface area contributed by atoms with Crippen LogP contribution in [0.25, 0.3) is 0 Å². The van der Waals surface area contributed by atoms with Crippen LogP contribution in [0.2, 0.25) is 0 Å². The molecule has 1 heterocycles. The lowest BCUT2D eigenvalue weighted by molar-refractivity contribution is 0.149. The standard InChI is InChI=1S/C11H24N2/c1-10(2)5-7-13-8-6-12-11(3,4)9-13/h10,12H,5-9H2,1-4H3. The fourth-order valence-electron chi connectivity index (χ4n) is 1.88. The molecule has 0 unspecified atom stereocenters. The van der Waals surface area contributed by atoms with E-state index >= 15 is 0 Å². The van der Waals surface area contributed by atoms with E-state index in [2.05, 4.69) is 37.9 Å². The Hall–Kier alpha value is -0.0800. The Bertz CT molecular complexity index is 152. The van der Waals surface area contributed by atoms with Crippen LogP contribution in [0.3, 0.4) is 0 Å². The van der Waals surface area contributed by atoms with Crippen molar-refractivity contribution in [2.75, 3.05) is 26.2 Å². The number of nitrogens with zero attached hydrogens (tertiary/aromatic N) is 1. The Balaban J connectivity index is 2.26. The molecule has 0 amide bonds. The summed E-state index contributed by atoms with van der Waals surface area (Å²) in [5.41, 5.74) is 0.315.